The average molecular weight is 420 g/mol. The largest absolute Gasteiger partial charge is 0.495 e. The average Bonchev–Trinajstić information content (AvgIpc) is 2.78. The lowest BCUT2D eigenvalue weighted by molar-refractivity contribution is -0.137. The summed E-state index contributed by atoms with van der Waals surface area (Å²) in [5.74, 6) is -0.177. The highest BCUT2D eigenvalue weighted by Gasteiger charge is 2.59. The van der Waals surface area contributed by atoms with Crippen LogP contribution in [0.25, 0.3) is 0 Å². The third-order valence-corrected chi connectivity index (χ3v) is 5.42. The maximum Gasteiger partial charge on any atom is 0.256 e. The van der Waals surface area contributed by atoms with Crippen LogP contribution < -0.4 is 19.7 Å². The molecule has 3 aromatic rings. The highest BCUT2D eigenvalue weighted by atomic mass is 19.1. The van der Waals surface area contributed by atoms with Gasteiger partial charge in [0.25, 0.3) is 5.91 Å². The van der Waals surface area contributed by atoms with Crippen molar-refractivity contribution in [1.29, 1.82) is 0 Å². The van der Waals surface area contributed by atoms with Gasteiger partial charge in [0.05, 0.1) is 32.0 Å². The molecule has 3 aromatic carbocycles. The second-order valence-electron chi connectivity index (χ2n) is 7.10. The van der Waals surface area contributed by atoms with Crippen molar-refractivity contribution < 1.29 is 23.5 Å². The van der Waals surface area contributed by atoms with Crippen molar-refractivity contribution in [3.8, 4) is 11.5 Å². The molecule has 1 atom stereocenters. The van der Waals surface area contributed by atoms with Crippen LogP contribution in [-0.2, 0) is 15.1 Å². The van der Waals surface area contributed by atoms with E-state index in [9.17, 15) is 14.0 Å². The van der Waals surface area contributed by atoms with Crippen LogP contribution in [0, 0.1) is 5.82 Å². The van der Waals surface area contributed by atoms with Crippen molar-refractivity contribution in [2.75, 3.05) is 24.4 Å². The van der Waals surface area contributed by atoms with Crippen LogP contribution in [0.15, 0.2) is 72.8 Å². The van der Waals surface area contributed by atoms with Crippen LogP contribution >= 0.6 is 0 Å². The van der Waals surface area contributed by atoms with Crippen molar-refractivity contribution in [1.82, 2.24) is 0 Å². The minimum atomic E-state index is -1.37. The molecule has 1 fully saturated rings. The van der Waals surface area contributed by atoms with Gasteiger partial charge in [0, 0.05) is 0 Å². The predicted octanol–water partition coefficient (Wildman–Crippen LogP) is 4.11. The van der Waals surface area contributed by atoms with Crippen molar-refractivity contribution in [2.24, 2.45) is 0 Å². The standard InChI is InChI=1S/C24H21FN2O4/c1-30-20-9-5-3-7-18(20)26-23(29)24(16-11-13-17(25)14-12-16)15-22(28)27(24)19-8-4-6-10-21(19)31-2/h3-14H,15H2,1-2H3,(H,26,29). The van der Waals surface area contributed by atoms with Crippen molar-refractivity contribution in [3.63, 3.8) is 0 Å². The maximum absolute atomic E-state index is 13.7. The first-order chi connectivity index (χ1) is 15.0. The molecule has 2 amide bonds. The fraction of sp³-hybridized carbons (Fsp3) is 0.167. The Bertz CT molecular complexity index is 1130. The molecule has 1 unspecified atom stereocenters. The summed E-state index contributed by atoms with van der Waals surface area (Å²) in [6, 6.07) is 19.6. The third-order valence-electron chi connectivity index (χ3n) is 5.42. The second-order valence-corrected chi connectivity index (χ2v) is 7.10. The third kappa shape index (κ3) is 3.38. The molecular weight excluding hydrogens is 399 g/mol. The summed E-state index contributed by atoms with van der Waals surface area (Å²) in [4.78, 5) is 27.9. The maximum atomic E-state index is 13.7. The summed E-state index contributed by atoms with van der Waals surface area (Å²) in [7, 11) is 3.01. The molecule has 1 N–H and O–H groups in total. The van der Waals surface area contributed by atoms with Gasteiger partial charge >= 0.3 is 0 Å². The summed E-state index contributed by atoms with van der Waals surface area (Å²) >= 11 is 0. The zero-order chi connectivity index (χ0) is 22.0. The Hall–Kier alpha value is -3.87. The zero-order valence-electron chi connectivity index (χ0n) is 17.1. The molecule has 31 heavy (non-hydrogen) atoms. The number of hydrogen-bond acceptors (Lipinski definition) is 4. The lowest BCUT2D eigenvalue weighted by Crippen LogP contribution is -2.67. The monoisotopic (exact) mass is 420 g/mol. The van der Waals surface area contributed by atoms with E-state index in [2.05, 4.69) is 5.32 Å². The van der Waals surface area contributed by atoms with Crippen molar-refractivity contribution in [2.45, 2.75) is 12.0 Å². The normalized spacial score (nSPS) is 17.6. The SMILES string of the molecule is COc1ccccc1NC(=O)C1(c2ccc(F)cc2)CC(=O)N1c1ccccc1OC. The number of ether oxygens (including phenoxy) is 2. The molecule has 1 aliphatic heterocycles. The predicted molar refractivity (Wildman–Crippen MR) is 115 cm³/mol. The van der Waals surface area contributed by atoms with Crippen molar-refractivity contribution >= 4 is 23.2 Å². The Labute approximate surface area is 179 Å². The first-order valence-electron chi connectivity index (χ1n) is 9.68. The van der Waals surface area contributed by atoms with Crippen molar-refractivity contribution in [3.05, 3.63) is 84.2 Å². The second kappa shape index (κ2) is 8.10. The number of carbonyl (C=O) groups is 2. The quantitative estimate of drug-likeness (QED) is 0.610. The molecule has 0 radical (unpaired) electrons. The molecule has 1 heterocycles. The summed E-state index contributed by atoms with van der Waals surface area (Å²) in [6.45, 7) is 0. The van der Waals surface area contributed by atoms with Gasteiger partial charge in [0.2, 0.25) is 5.91 Å². The Balaban J connectivity index is 1.84. The molecule has 0 aromatic heterocycles. The molecule has 0 saturated carbocycles. The number of anilines is 2. The highest BCUT2D eigenvalue weighted by Crippen LogP contribution is 2.48. The Kier molecular flexibility index (Phi) is 5.33. The fourth-order valence-corrected chi connectivity index (χ4v) is 3.90. The minimum Gasteiger partial charge on any atom is -0.495 e. The van der Waals surface area contributed by atoms with E-state index in [-0.39, 0.29) is 12.3 Å². The first-order valence-corrected chi connectivity index (χ1v) is 9.68. The number of carbonyl (C=O) groups excluding carboxylic acids is 2. The van der Waals surface area contributed by atoms with E-state index in [1.807, 2.05) is 0 Å². The minimum absolute atomic E-state index is 0.0718. The van der Waals surface area contributed by atoms with E-state index in [4.69, 9.17) is 9.47 Å². The lowest BCUT2D eigenvalue weighted by Gasteiger charge is -2.50. The van der Waals surface area contributed by atoms with Gasteiger partial charge in [-0.3, -0.25) is 14.5 Å². The van der Waals surface area contributed by atoms with Gasteiger partial charge in [-0.2, -0.15) is 0 Å². The number of nitrogens with one attached hydrogen (secondary N) is 1. The molecule has 0 bridgehead atoms. The number of para-hydroxylation sites is 4. The van der Waals surface area contributed by atoms with Crippen LogP contribution in [0.2, 0.25) is 0 Å². The topological polar surface area (TPSA) is 67.9 Å². The van der Waals surface area contributed by atoms with E-state index in [1.165, 1.54) is 43.4 Å². The molecule has 1 saturated heterocycles. The molecule has 0 spiro atoms. The van der Waals surface area contributed by atoms with E-state index in [0.29, 0.717) is 28.4 Å². The van der Waals surface area contributed by atoms with Crippen LogP contribution in [0.4, 0.5) is 15.8 Å². The van der Waals surface area contributed by atoms with Gasteiger partial charge in [-0.1, -0.05) is 36.4 Å². The molecule has 1 aliphatic rings. The number of rotatable bonds is 6. The highest BCUT2D eigenvalue weighted by molar-refractivity contribution is 6.17. The van der Waals surface area contributed by atoms with E-state index in [0.717, 1.165) is 0 Å². The molecule has 0 aliphatic carbocycles. The van der Waals surface area contributed by atoms with Crippen LogP contribution in [-0.4, -0.2) is 26.0 Å². The molecule has 7 heteroatoms. The fourth-order valence-electron chi connectivity index (χ4n) is 3.90. The number of benzene rings is 3. The van der Waals surface area contributed by atoms with Crippen LogP contribution in [0.1, 0.15) is 12.0 Å². The van der Waals surface area contributed by atoms with E-state index < -0.39 is 17.3 Å². The van der Waals surface area contributed by atoms with Gasteiger partial charge in [0.1, 0.15) is 17.3 Å². The number of amides is 2. The van der Waals surface area contributed by atoms with Gasteiger partial charge in [0.15, 0.2) is 5.54 Å². The number of halogens is 1. The number of hydrogen-bond donors (Lipinski definition) is 1. The summed E-state index contributed by atoms with van der Waals surface area (Å²) in [5.41, 5.74) is 0.0451. The summed E-state index contributed by atoms with van der Waals surface area (Å²) < 4.78 is 24.4. The smallest absolute Gasteiger partial charge is 0.256 e. The molecule has 158 valence electrons. The van der Waals surface area contributed by atoms with Gasteiger partial charge in [-0.25, -0.2) is 4.39 Å². The molecular formula is C24H21FN2O4. The van der Waals surface area contributed by atoms with E-state index in [1.54, 1.807) is 48.5 Å². The Morgan fingerprint density at radius 3 is 2.19 bits per heavy atom. The van der Waals surface area contributed by atoms with Crippen LogP contribution in [0.3, 0.4) is 0 Å². The summed E-state index contributed by atoms with van der Waals surface area (Å²) in [6.07, 6.45) is -0.0718. The van der Waals surface area contributed by atoms with Gasteiger partial charge in [-0.05, 0) is 42.0 Å². The van der Waals surface area contributed by atoms with Gasteiger partial charge in [-0.15, -0.1) is 0 Å². The summed E-state index contributed by atoms with van der Waals surface area (Å²) in [5, 5.41) is 2.88. The number of methoxy groups -OCH3 is 2. The number of nitrogens with zero attached hydrogens (tertiary/aromatic N) is 1. The molecule has 6 nitrogen and oxygen atoms in total. The zero-order valence-corrected chi connectivity index (χ0v) is 17.1. The Morgan fingerprint density at radius 1 is 0.935 bits per heavy atom. The van der Waals surface area contributed by atoms with Crippen LogP contribution in [0.5, 0.6) is 11.5 Å². The van der Waals surface area contributed by atoms with Gasteiger partial charge < -0.3 is 14.8 Å². The van der Waals surface area contributed by atoms with E-state index >= 15 is 0 Å². The Morgan fingerprint density at radius 2 is 1.55 bits per heavy atom. The first kappa shape index (κ1) is 20.4. The lowest BCUT2D eigenvalue weighted by atomic mass is 9.76. The molecule has 4 rings (SSSR count). The number of β-lactam (4-membered cyclic amide) rings is 1.